The molecule has 3 aromatic carbocycles. The van der Waals surface area contributed by atoms with Gasteiger partial charge >= 0.3 is 0 Å². The Balaban J connectivity index is 2.05. The first kappa shape index (κ1) is 30.5. The van der Waals surface area contributed by atoms with E-state index in [-0.39, 0.29) is 34.1 Å². The van der Waals surface area contributed by atoms with E-state index in [1.165, 1.54) is 17.0 Å². The van der Waals surface area contributed by atoms with Crippen LogP contribution in [-0.4, -0.2) is 43.8 Å². The Morgan fingerprint density at radius 1 is 0.897 bits per heavy atom. The predicted molar refractivity (Wildman–Crippen MR) is 157 cm³/mol. The first-order valence-corrected chi connectivity index (χ1v) is 14.8. The van der Waals surface area contributed by atoms with Gasteiger partial charge in [0.1, 0.15) is 12.6 Å². The van der Waals surface area contributed by atoms with Crippen molar-refractivity contribution in [2.24, 2.45) is 0 Å². The van der Waals surface area contributed by atoms with Crippen molar-refractivity contribution in [1.29, 1.82) is 0 Å². The number of amides is 2. The number of para-hydroxylation sites is 1. The van der Waals surface area contributed by atoms with Crippen LogP contribution in [0.3, 0.4) is 0 Å². The molecule has 7 nitrogen and oxygen atoms in total. The molecule has 3 aromatic rings. The summed E-state index contributed by atoms with van der Waals surface area (Å²) in [5.41, 5.74) is 1.67. The molecule has 0 aliphatic heterocycles. The number of nitrogens with one attached hydrogen (secondary N) is 1. The number of rotatable bonds is 11. The van der Waals surface area contributed by atoms with Crippen LogP contribution in [0.2, 0.25) is 10.0 Å². The topological polar surface area (TPSA) is 86.8 Å². The third-order valence-corrected chi connectivity index (χ3v) is 8.94. The Labute approximate surface area is 240 Å². The molecule has 0 fully saturated rings. The van der Waals surface area contributed by atoms with Crippen molar-refractivity contribution in [2.45, 2.75) is 57.6 Å². The second-order valence-corrected chi connectivity index (χ2v) is 12.1. The Bertz CT molecular complexity index is 1410. The summed E-state index contributed by atoms with van der Waals surface area (Å²) in [4.78, 5) is 28.4. The Morgan fingerprint density at radius 2 is 1.49 bits per heavy atom. The third kappa shape index (κ3) is 7.53. The van der Waals surface area contributed by atoms with Crippen LogP contribution in [0.25, 0.3) is 0 Å². The molecule has 1 N–H and O–H groups in total. The van der Waals surface area contributed by atoms with Crippen molar-refractivity contribution in [1.82, 2.24) is 10.2 Å². The van der Waals surface area contributed by atoms with E-state index in [1.807, 2.05) is 20.8 Å². The van der Waals surface area contributed by atoms with Crippen molar-refractivity contribution in [3.05, 3.63) is 94.0 Å². The molecule has 3 rings (SSSR count). The lowest BCUT2D eigenvalue weighted by atomic mass is 10.1. The van der Waals surface area contributed by atoms with Crippen molar-refractivity contribution in [3.8, 4) is 0 Å². The number of aryl methyl sites for hydroxylation is 1. The molecule has 0 aliphatic rings. The number of carbonyl (C=O) groups is 2. The maximum atomic E-state index is 13.9. The molecule has 2 amide bonds. The van der Waals surface area contributed by atoms with Gasteiger partial charge in [0.15, 0.2) is 0 Å². The van der Waals surface area contributed by atoms with Crippen LogP contribution in [0, 0.1) is 6.92 Å². The fraction of sp³-hybridized carbons (Fsp3) is 0.310. The van der Waals surface area contributed by atoms with Gasteiger partial charge in [0.05, 0.1) is 15.6 Å². The number of carbonyl (C=O) groups excluding carboxylic acids is 2. The largest absolute Gasteiger partial charge is 0.352 e. The Morgan fingerprint density at radius 3 is 2.08 bits per heavy atom. The normalized spacial score (nSPS) is 12.9. The molecule has 0 unspecified atom stereocenters. The molecule has 0 bridgehead atoms. The minimum atomic E-state index is -4.20. The van der Waals surface area contributed by atoms with E-state index in [2.05, 4.69) is 5.32 Å². The van der Waals surface area contributed by atoms with Crippen molar-refractivity contribution >= 4 is 50.7 Å². The molecule has 0 heterocycles. The molecule has 0 aromatic heterocycles. The second kappa shape index (κ2) is 13.3. The van der Waals surface area contributed by atoms with E-state index in [0.717, 1.165) is 9.87 Å². The number of sulfonamides is 1. The first-order valence-electron chi connectivity index (χ1n) is 12.6. The minimum absolute atomic E-state index is 0.00847. The maximum absolute atomic E-state index is 13.9. The summed E-state index contributed by atoms with van der Waals surface area (Å²) >= 11 is 12.8. The quantitative estimate of drug-likeness (QED) is 0.305. The lowest BCUT2D eigenvalue weighted by Gasteiger charge is -2.32. The molecule has 208 valence electrons. The Hall–Kier alpha value is -3.07. The zero-order valence-electron chi connectivity index (χ0n) is 22.4. The summed E-state index contributed by atoms with van der Waals surface area (Å²) in [5.74, 6) is -0.937. The molecule has 0 aliphatic carbocycles. The lowest BCUT2D eigenvalue weighted by Crippen LogP contribution is -2.52. The average molecular weight is 591 g/mol. The van der Waals surface area contributed by atoms with Gasteiger partial charge in [0.2, 0.25) is 11.8 Å². The first-order chi connectivity index (χ1) is 18.4. The monoisotopic (exact) mass is 589 g/mol. The van der Waals surface area contributed by atoms with Crippen molar-refractivity contribution in [3.63, 3.8) is 0 Å². The van der Waals surface area contributed by atoms with Crippen molar-refractivity contribution < 1.29 is 18.0 Å². The van der Waals surface area contributed by atoms with E-state index >= 15 is 0 Å². The highest BCUT2D eigenvalue weighted by Crippen LogP contribution is 2.31. The van der Waals surface area contributed by atoms with Gasteiger partial charge in [-0.05, 0) is 63.1 Å². The third-order valence-electron chi connectivity index (χ3n) is 6.48. The molecule has 0 saturated heterocycles. The SMILES string of the molecule is CC[C@H](C)NC(=O)[C@@H](C)N(Cc1ccccc1Cl)C(=O)CN(c1ccccc1Cl)S(=O)(=O)c1ccc(C)cc1. The molecular weight excluding hydrogens is 557 g/mol. The van der Waals surface area contributed by atoms with Gasteiger partial charge in [-0.2, -0.15) is 0 Å². The summed E-state index contributed by atoms with van der Waals surface area (Å²) in [6.45, 7) is 6.71. The standard InChI is InChI=1S/C29H33Cl2N3O4S/c1-5-21(3)32-29(36)22(4)33(18-23-10-6-7-11-25(23)30)28(35)19-34(27-13-9-8-12-26(27)31)39(37,38)24-16-14-20(2)15-17-24/h6-17,21-22H,5,18-19H2,1-4H3,(H,32,36)/t21-,22+/m0/s1. The smallest absolute Gasteiger partial charge is 0.264 e. The van der Waals surface area contributed by atoms with Gasteiger partial charge < -0.3 is 10.2 Å². The van der Waals surface area contributed by atoms with Crippen LogP contribution in [0.1, 0.15) is 38.3 Å². The number of hydrogen-bond donors (Lipinski definition) is 1. The van der Waals surface area contributed by atoms with Gasteiger partial charge in [-0.3, -0.25) is 13.9 Å². The molecule has 0 spiro atoms. The number of anilines is 1. The molecule has 0 radical (unpaired) electrons. The van der Waals surface area contributed by atoms with E-state index in [1.54, 1.807) is 67.6 Å². The highest BCUT2D eigenvalue weighted by Gasteiger charge is 2.33. The van der Waals surface area contributed by atoms with Crippen LogP contribution in [-0.2, 0) is 26.2 Å². The predicted octanol–water partition coefficient (Wildman–Crippen LogP) is 5.83. The number of nitrogens with zero attached hydrogens (tertiary/aromatic N) is 2. The summed E-state index contributed by atoms with van der Waals surface area (Å²) < 4.78 is 28.7. The maximum Gasteiger partial charge on any atom is 0.264 e. The minimum Gasteiger partial charge on any atom is -0.352 e. The lowest BCUT2D eigenvalue weighted by molar-refractivity contribution is -0.139. The summed E-state index contributed by atoms with van der Waals surface area (Å²) in [5, 5.41) is 3.50. The number of halogens is 2. The molecule has 39 heavy (non-hydrogen) atoms. The van der Waals surface area contributed by atoms with Gasteiger partial charge in [-0.25, -0.2) is 8.42 Å². The summed E-state index contributed by atoms with van der Waals surface area (Å²) in [6, 6.07) is 18.8. The van der Waals surface area contributed by atoms with Crippen LogP contribution in [0.15, 0.2) is 77.7 Å². The fourth-order valence-corrected chi connectivity index (χ4v) is 5.78. The average Bonchev–Trinajstić information content (AvgIpc) is 2.91. The zero-order valence-corrected chi connectivity index (χ0v) is 24.7. The van der Waals surface area contributed by atoms with Crippen LogP contribution >= 0.6 is 23.2 Å². The molecule has 0 saturated carbocycles. The highest BCUT2D eigenvalue weighted by molar-refractivity contribution is 7.92. The van der Waals surface area contributed by atoms with E-state index in [4.69, 9.17) is 23.2 Å². The molecule has 2 atom stereocenters. The highest BCUT2D eigenvalue weighted by atomic mass is 35.5. The summed E-state index contributed by atoms with van der Waals surface area (Å²) in [6.07, 6.45) is 0.714. The molecule has 10 heteroatoms. The van der Waals surface area contributed by atoms with Crippen LogP contribution in [0.5, 0.6) is 0 Å². The van der Waals surface area contributed by atoms with E-state index in [0.29, 0.717) is 17.0 Å². The van der Waals surface area contributed by atoms with E-state index in [9.17, 15) is 18.0 Å². The van der Waals surface area contributed by atoms with Gasteiger partial charge in [0.25, 0.3) is 10.0 Å². The number of benzene rings is 3. The summed E-state index contributed by atoms with van der Waals surface area (Å²) in [7, 11) is -4.20. The van der Waals surface area contributed by atoms with Gasteiger partial charge in [-0.1, -0.05) is 78.2 Å². The second-order valence-electron chi connectivity index (χ2n) is 9.38. The number of hydrogen-bond acceptors (Lipinski definition) is 4. The van der Waals surface area contributed by atoms with E-state index < -0.39 is 28.5 Å². The van der Waals surface area contributed by atoms with Crippen LogP contribution in [0.4, 0.5) is 5.69 Å². The molecular formula is C29H33Cl2N3O4S. The van der Waals surface area contributed by atoms with Crippen molar-refractivity contribution in [2.75, 3.05) is 10.8 Å². The van der Waals surface area contributed by atoms with Gasteiger partial charge in [0, 0.05) is 17.6 Å². The Kier molecular flexibility index (Phi) is 10.4. The van der Waals surface area contributed by atoms with Crippen LogP contribution < -0.4 is 9.62 Å². The van der Waals surface area contributed by atoms with Gasteiger partial charge in [-0.15, -0.1) is 0 Å². The fourth-order valence-electron chi connectivity index (χ4n) is 3.86. The zero-order chi connectivity index (χ0) is 28.7.